The van der Waals surface area contributed by atoms with Gasteiger partial charge in [-0.2, -0.15) is 0 Å². The number of carbonyl (C=O) groups is 2. The van der Waals surface area contributed by atoms with Crippen molar-refractivity contribution < 1.29 is 9.59 Å². The van der Waals surface area contributed by atoms with Gasteiger partial charge in [-0.15, -0.1) is 11.8 Å². The van der Waals surface area contributed by atoms with Crippen molar-refractivity contribution in [1.29, 1.82) is 0 Å². The summed E-state index contributed by atoms with van der Waals surface area (Å²) < 4.78 is 0. The van der Waals surface area contributed by atoms with Crippen molar-refractivity contribution in [2.45, 2.75) is 67.8 Å². The third kappa shape index (κ3) is 4.51. The fourth-order valence-corrected chi connectivity index (χ4v) is 4.45. The zero-order chi connectivity index (χ0) is 17.1. The van der Waals surface area contributed by atoms with Gasteiger partial charge in [0, 0.05) is 35.6 Å². The summed E-state index contributed by atoms with van der Waals surface area (Å²) in [6.07, 6.45) is 4.57. The van der Waals surface area contributed by atoms with E-state index in [1.54, 1.807) is 11.8 Å². The average molecular weight is 347 g/mol. The molecule has 3 unspecified atom stereocenters. The van der Waals surface area contributed by atoms with Crippen molar-refractivity contribution in [1.82, 2.24) is 10.6 Å². The molecule has 1 aromatic carbocycles. The van der Waals surface area contributed by atoms with Gasteiger partial charge in [0.15, 0.2) is 0 Å². The first-order valence-corrected chi connectivity index (χ1v) is 9.48. The van der Waals surface area contributed by atoms with Crippen LogP contribution in [0.2, 0.25) is 0 Å². The van der Waals surface area contributed by atoms with Crippen LogP contribution in [-0.2, 0) is 9.59 Å². The summed E-state index contributed by atoms with van der Waals surface area (Å²) in [6.45, 7) is 3.43. The summed E-state index contributed by atoms with van der Waals surface area (Å²) in [5.74, 6) is 0.0244. The molecule has 2 amide bonds. The number of hydrogen-bond acceptors (Lipinski definition) is 4. The number of rotatable bonds is 5. The number of nitrogens with one attached hydrogen (secondary N) is 3. The number of thioether (sulfide) groups is 1. The zero-order valence-corrected chi connectivity index (χ0v) is 15.0. The van der Waals surface area contributed by atoms with Crippen LogP contribution in [0.3, 0.4) is 0 Å². The molecule has 2 aliphatic rings. The van der Waals surface area contributed by atoms with E-state index in [9.17, 15) is 9.59 Å². The normalized spacial score (nSPS) is 26.7. The van der Waals surface area contributed by atoms with Crippen LogP contribution in [0.1, 0.15) is 39.5 Å². The van der Waals surface area contributed by atoms with E-state index in [0.717, 1.165) is 23.4 Å². The molecule has 0 aliphatic carbocycles. The van der Waals surface area contributed by atoms with E-state index in [1.165, 1.54) is 19.8 Å². The highest BCUT2D eigenvalue weighted by molar-refractivity contribution is 8.00. The molecule has 130 valence electrons. The van der Waals surface area contributed by atoms with Crippen LogP contribution in [-0.4, -0.2) is 35.2 Å². The van der Waals surface area contributed by atoms with E-state index in [1.807, 2.05) is 31.2 Å². The minimum Gasteiger partial charge on any atom is -0.352 e. The maximum atomic E-state index is 12.5. The van der Waals surface area contributed by atoms with Gasteiger partial charge in [-0.05, 0) is 56.9 Å². The van der Waals surface area contributed by atoms with E-state index >= 15 is 0 Å². The second kappa shape index (κ2) is 7.57. The van der Waals surface area contributed by atoms with Crippen LogP contribution in [0.25, 0.3) is 0 Å². The first-order valence-electron chi connectivity index (χ1n) is 8.60. The van der Waals surface area contributed by atoms with Gasteiger partial charge in [-0.1, -0.05) is 0 Å². The number of anilines is 1. The Balaban J connectivity index is 1.49. The molecular weight excluding hydrogens is 322 g/mol. The Kier molecular flexibility index (Phi) is 5.46. The molecule has 6 heteroatoms. The Labute approximate surface area is 147 Å². The molecule has 2 bridgehead atoms. The monoisotopic (exact) mass is 347 g/mol. The predicted molar refractivity (Wildman–Crippen MR) is 97.2 cm³/mol. The highest BCUT2D eigenvalue weighted by Gasteiger charge is 2.34. The number of piperidine rings is 1. The van der Waals surface area contributed by atoms with Crippen LogP contribution in [0.5, 0.6) is 0 Å². The van der Waals surface area contributed by atoms with Crippen molar-refractivity contribution >= 4 is 29.3 Å². The number of fused-ring (bicyclic) bond motifs is 2. The lowest BCUT2D eigenvalue weighted by Gasteiger charge is -2.30. The van der Waals surface area contributed by atoms with Crippen molar-refractivity contribution in [3.05, 3.63) is 24.3 Å². The van der Waals surface area contributed by atoms with Crippen molar-refractivity contribution in [2.24, 2.45) is 0 Å². The first kappa shape index (κ1) is 17.3. The summed E-state index contributed by atoms with van der Waals surface area (Å²) in [6, 6.07) is 9.06. The minimum absolute atomic E-state index is 0.0842. The van der Waals surface area contributed by atoms with Gasteiger partial charge in [-0.3, -0.25) is 9.59 Å². The first-order chi connectivity index (χ1) is 11.5. The standard InChI is InChI=1S/C18H25N3O2S/c1-11(24-17-7-5-13(6-8-17)19-12(2)22)18(23)21-16-9-14-3-4-15(10-16)20-14/h5-8,11,14-16,20H,3-4,9-10H2,1-2H3,(H,19,22)(H,21,23). The molecule has 3 rings (SSSR count). The predicted octanol–water partition coefficient (Wildman–Crippen LogP) is 2.52. The van der Waals surface area contributed by atoms with Crippen molar-refractivity contribution in [2.75, 3.05) is 5.32 Å². The molecule has 3 atom stereocenters. The molecular formula is C18H25N3O2S. The fourth-order valence-electron chi connectivity index (χ4n) is 3.57. The highest BCUT2D eigenvalue weighted by Crippen LogP contribution is 2.28. The van der Waals surface area contributed by atoms with E-state index in [4.69, 9.17) is 0 Å². The smallest absolute Gasteiger partial charge is 0.233 e. The van der Waals surface area contributed by atoms with Gasteiger partial charge in [0.2, 0.25) is 11.8 Å². The second-order valence-corrected chi connectivity index (χ2v) is 8.19. The third-order valence-electron chi connectivity index (χ3n) is 4.68. The van der Waals surface area contributed by atoms with Crippen LogP contribution < -0.4 is 16.0 Å². The Morgan fingerprint density at radius 2 is 1.79 bits per heavy atom. The molecule has 24 heavy (non-hydrogen) atoms. The van der Waals surface area contributed by atoms with E-state index in [-0.39, 0.29) is 17.1 Å². The van der Waals surface area contributed by atoms with Crippen molar-refractivity contribution in [3.8, 4) is 0 Å². The van der Waals surface area contributed by atoms with Gasteiger partial charge in [0.1, 0.15) is 0 Å². The fraction of sp³-hybridized carbons (Fsp3) is 0.556. The SMILES string of the molecule is CC(=O)Nc1ccc(SC(C)C(=O)NC2CC3CCC(C2)N3)cc1. The van der Waals surface area contributed by atoms with Crippen LogP contribution in [0.15, 0.2) is 29.2 Å². The van der Waals surface area contributed by atoms with Crippen LogP contribution >= 0.6 is 11.8 Å². The molecule has 0 saturated carbocycles. The van der Waals surface area contributed by atoms with E-state index in [0.29, 0.717) is 18.1 Å². The molecule has 1 aromatic rings. The van der Waals surface area contributed by atoms with Crippen LogP contribution in [0, 0.1) is 0 Å². The minimum atomic E-state index is -0.135. The number of amides is 2. The topological polar surface area (TPSA) is 70.2 Å². The number of benzene rings is 1. The maximum absolute atomic E-state index is 12.5. The van der Waals surface area contributed by atoms with E-state index in [2.05, 4.69) is 16.0 Å². The van der Waals surface area contributed by atoms with Gasteiger partial charge >= 0.3 is 0 Å². The average Bonchev–Trinajstić information content (AvgIpc) is 2.87. The Bertz CT molecular complexity index is 593. The summed E-state index contributed by atoms with van der Waals surface area (Å²) in [5, 5.41) is 9.42. The Morgan fingerprint density at radius 1 is 1.17 bits per heavy atom. The lowest BCUT2D eigenvalue weighted by molar-refractivity contribution is -0.121. The quantitative estimate of drug-likeness (QED) is 0.716. The van der Waals surface area contributed by atoms with Gasteiger partial charge in [0.05, 0.1) is 5.25 Å². The highest BCUT2D eigenvalue weighted by atomic mass is 32.2. The lowest BCUT2D eigenvalue weighted by Crippen LogP contribution is -2.49. The molecule has 2 heterocycles. The second-order valence-electron chi connectivity index (χ2n) is 6.78. The molecule has 5 nitrogen and oxygen atoms in total. The van der Waals surface area contributed by atoms with Gasteiger partial charge in [-0.25, -0.2) is 0 Å². The molecule has 2 fully saturated rings. The molecule has 0 aromatic heterocycles. The molecule has 2 aliphatic heterocycles. The lowest BCUT2D eigenvalue weighted by atomic mass is 10.00. The zero-order valence-electron chi connectivity index (χ0n) is 14.2. The van der Waals surface area contributed by atoms with Gasteiger partial charge in [0.25, 0.3) is 0 Å². The van der Waals surface area contributed by atoms with E-state index < -0.39 is 0 Å². The Morgan fingerprint density at radius 3 is 2.38 bits per heavy atom. The number of hydrogen-bond donors (Lipinski definition) is 3. The largest absolute Gasteiger partial charge is 0.352 e. The maximum Gasteiger partial charge on any atom is 0.233 e. The molecule has 0 radical (unpaired) electrons. The summed E-state index contributed by atoms with van der Waals surface area (Å²) in [4.78, 5) is 24.5. The Hall–Kier alpha value is -1.53. The van der Waals surface area contributed by atoms with Crippen LogP contribution in [0.4, 0.5) is 5.69 Å². The molecule has 3 N–H and O–H groups in total. The number of carbonyl (C=O) groups excluding carboxylic acids is 2. The summed E-state index contributed by atoms with van der Waals surface area (Å²) >= 11 is 1.54. The molecule has 0 spiro atoms. The van der Waals surface area contributed by atoms with Gasteiger partial charge < -0.3 is 16.0 Å². The summed E-state index contributed by atoms with van der Waals surface area (Å²) in [7, 11) is 0. The molecule has 2 saturated heterocycles. The third-order valence-corrected chi connectivity index (χ3v) is 5.79. The summed E-state index contributed by atoms with van der Waals surface area (Å²) in [5.41, 5.74) is 0.772. The van der Waals surface area contributed by atoms with Crippen molar-refractivity contribution in [3.63, 3.8) is 0 Å².